The van der Waals surface area contributed by atoms with E-state index < -0.39 is 5.91 Å². The number of benzene rings is 1. The van der Waals surface area contributed by atoms with Crippen molar-refractivity contribution in [1.82, 2.24) is 10.2 Å². The van der Waals surface area contributed by atoms with Crippen LogP contribution in [0.4, 0.5) is 5.82 Å². The smallest absolute Gasteiger partial charge is 0.257 e. The summed E-state index contributed by atoms with van der Waals surface area (Å²) in [4.78, 5) is 11.9. The quantitative estimate of drug-likeness (QED) is 0.662. The highest BCUT2D eigenvalue weighted by Gasteiger charge is 2.11. The van der Waals surface area contributed by atoms with E-state index in [0.717, 1.165) is 18.1 Å². The lowest BCUT2D eigenvalue weighted by Gasteiger charge is -2.05. The Bertz CT molecular complexity index is 557. The van der Waals surface area contributed by atoms with Crippen LogP contribution in [0.2, 0.25) is 0 Å². The van der Waals surface area contributed by atoms with Gasteiger partial charge in [0.05, 0.1) is 6.20 Å². The van der Waals surface area contributed by atoms with Crippen LogP contribution < -0.4 is 5.32 Å². The molecule has 0 aliphatic heterocycles. The van der Waals surface area contributed by atoms with E-state index in [-0.39, 0.29) is 17.1 Å². The van der Waals surface area contributed by atoms with Gasteiger partial charge in [-0.25, -0.2) is 0 Å². The predicted molar refractivity (Wildman–Crippen MR) is 65.7 cm³/mol. The molecule has 1 aromatic carbocycles. The van der Waals surface area contributed by atoms with Crippen LogP contribution in [0.1, 0.15) is 22.8 Å². The minimum absolute atomic E-state index is 0.166. The van der Waals surface area contributed by atoms with Crippen LogP contribution in [0.15, 0.2) is 24.4 Å². The molecule has 1 heterocycles. The number of anilines is 1. The molecule has 6 nitrogen and oxygen atoms in total. The van der Waals surface area contributed by atoms with Gasteiger partial charge in [-0.2, -0.15) is 5.10 Å². The third-order valence-corrected chi connectivity index (χ3v) is 2.50. The van der Waals surface area contributed by atoms with Gasteiger partial charge in [0.25, 0.3) is 5.91 Å². The Morgan fingerprint density at radius 3 is 2.61 bits per heavy atom. The Hall–Kier alpha value is -2.50. The van der Waals surface area contributed by atoms with E-state index in [1.165, 1.54) is 12.1 Å². The number of phenolic OH excluding ortho intramolecular Hbond substituents is 2. The fourth-order valence-electron chi connectivity index (χ4n) is 1.60. The van der Waals surface area contributed by atoms with E-state index in [2.05, 4.69) is 15.5 Å². The Balaban J connectivity index is 2.22. The molecule has 1 amide bonds. The van der Waals surface area contributed by atoms with Crippen molar-refractivity contribution in [3.05, 3.63) is 35.5 Å². The number of carbonyl (C=O) groups excluding carboxylic acids is 1. The molecule has 94 valence electrons. The highest BCUT2D eigenvalue weighted by atomic mass is 16.3. The van der Waals surface area contributed by atoms with Crippen molar-refractivity contribution in [2.75, 3.05) is 5.32 Å². The molecule has 6 heteroatoms. The van der Waals surface area contributed by atoms with Crippen LogP contribution in [0.3, 0.4) is 0 Å². The summed E-state index contributed by atoms with van der Waals surface area (Å²) in [5.74, 6) is -0.244. The average molecular weight is 247 g/mol. The standard InChI is InChI=1S/C12H13N3O3/c1-2-7-6-13-15-11(7)14-12(18)8-3-9(16)5-10(17)4-8/h3-6,16-17H,2H2,1H3,(H2,13,14,15,18). The lowest BCUT2D eigenvalue weighted by molar-refractivity contribution is 0.102. The number of H-pyrrole nitrogens is 1. The first-order valence-electron chi connectivity index (χ1n) is 5.46. The van der Waals surface area contributed by atoms with Gasteiger partial charge in [-0.15, -0.1) is 0 Å². The SMILES string of the molecule is CCc1cn[nH]c1NC(=O)c1cc(O)cc(O)c1. The van der Waals surface area contributed by atoms with Gasteiger partial charge in [0.15, 0.2) is 0 Å². The molecule has 18 heavy (non-hydrogen) atoms. The molecule has 0 fully saturated rings. The molecule has 0 saturated heterocycles. The third-order valence-electron chi connectivity index (χ3n) is 2.50. The number of rotatable bonds is 3. The first-order valence-corrected chi connectivity index (χ1v) is 5.46. The highest BCUT2D eigenvalue weighted by Crippen LogP contribution is 2.21. The minimum atomic E-state index is -0.430. The number of carbonyl (C=O) groups is 1. The maximum atomic E-state index is 11.9. The molecule has 2 aromatic rings. The second-order valence-electron chi connectivity index (χ2n) is 3.82. The predicted octanol–water partition coefficient (Wildman–Crippen LogP) is 1.64. The van der Waals surface area contributed by atoms with Gasteiger partial charge in [0.2, 0.25) is 0 Å². The normalized spacial score (nSPS) is 10.3. The molecular weight excluding hydrogens is 234 g/mol. The summed E-state index contributed by atoms with van der Waals surface area (Å²) in [6.45, 7) is 1.95. The number of hydrogen-bond donors (Lipinski definition) is 4. The molecule has 1 aromatic heterocycles. The molecule has 0 atom stereocenters. The van der Waals surface area contributed by atoms with Crippen LogP contribution in [0.25, 0.3) is 0 Å². The van der Waals surface area contributed by atoms with Crippen molar-refractivity contribution in [2.45, 2.75) is 13.3 Å². The summed E-state index contributed by atoms with van der Waals surface area (Å²) in [5, 5.41) is 27.8. The zero-order chi connectivity index (χ0) is 13.1. The molecule has 2 rings (SSSR count). The number of nitrogens with one attached hydrogen (secondary N) is 2. The minimum Gasteiger partial charge on any atom is -0.508 e. The topological polar surface area (TPSA) is 98.2 Å². The Morgan fingerprint density at radius 1 is 1.33 bits per heavy atom. The second-order valence-corrected chi connectivity index (χ2v) is 3.82. The Morgan fingerprint density at radius 2 is 2.00 bits per heavy atom. The van der Waals surface area contributed by atoms with E-state index in [1.54, 1.807) is 6.20 Å². The lowest BCUT2D eigenvalue weighted by Crippen LogP contribution is -2.13. The molecule has 0 bridgehead atoms. The zero-order valence-corrected chi connectivity index (χ0v) is 9.77. The van der Waals surface area contributed by atoms with Crippen molar-refractivity contribution in [3.8, 4) is 11.5 Å². The average Bonchev–Trinajstić information content (AvgIpc) is 2.75. The summed E-state index contributed by atoms with van der Waals surface area (Å²) in [5.41, 5.74) is 1.05. The largest absolute Gasteiger partial charge is 0.508 e. The maximum Gasteiger partial charge on any atom is 0.257 e. The van der Waals surface area contributed by atoms with E-state index in [1.807, 2.05) is 6.92 Å². The van der Waals surface area contributed by atoms with Crippen LogP contribution in [-0.2, 0) is 6.42 Å². The molecule has 0 aliphatic rings. The maximum absolute atomic E-state index is 11.9. The molecule has 0 aliphatic carbocycles. The van der Waals surface area contributed by atoms with Gasteiger partial charge in [-0.05, 0) is 18.6 Å². The lowest BCUT2D eigenvalue weighted by atomic mass is 10.2. The first kappa shape index (κ1) is 12.0. The van der Waals surface area contributed by atoms with Crippen molar-refractivity contribution < 1.29 is 15.0 Å². The summed E-state index contributed by atoms with van der Waals surface area (Å²) in [6, 6.07) is 3.71. The van der Waals surface area contributed by atoms with Gasteiger partial charge in [-0.1, -0.05) is 6.92 Å². The molecule has 4 N–H and O–H groups in total. The number of aromatic nitrogens is 2. The summed E-state index contributed by atoms with van der Waals surface area (Å²) in [6.07, 6.45) is 2.37. The number of phenols is 2. The first-order chi connectivity index (χ1) is 8.60. The highest BCUT2D eigenvalue weighted by molar-refractivity contribution is 6.04. The van der Waals surface area contributed by atoms with Crippen LogP contribution in [0, 0.1) is 0 Å². The molecule has 0 saturated carbocycles. The zero-order valence-electron chi connectivity index (χ0n) is 9.77. The van der Waals surface area contributed by atoms with E-state index in [4.69, 9.17) is 0 Å². The fraction of sp³-hybridized carbons (Fsp3) is 0.167. The van der Waals surface area contributed by atoms with Crippen LogP contribution >= 0.6 is 0 Å². The summed E-state index contributed by atoms with van der Waals surface area (Å²) >= 11 is 0. The van der Waals surface area contributed by atoms with Gasteiger partial charge in [0.1, 0.15) is 17.3 Å². The number of aromatic hydroxyl groups is 2. The molecule has 0 unspecified atom stereocenters. The second kappa shape index (κ2) is 4.79. The number of aryl methyl sites for hydroxylation is 1. The molecule has 0 spiro atoms. The number of aromatic amines is 1. The van der Waals surface area contributed by atoms with Crippen LogP contribution in [0.5, 0.6) is 11.5 Å². The molecular formula is C12H13N3O3. The van der Waals surface area contributed by atoms with E-state index in [9.17, 15) is 15.0 Å². The Kier molecular flexibility index (Phi) is 3.18. The van der Waals surface area contributed by atoms with Crippen molar-refractivity contribution >= 4 is 11.7 Å². The number of amides is 1. The van der Waals surface area contributed by atoms with Crippen molar-refractivity contribution in [3.63, 3.8) is 0 Å². The van der Waals surface area contributed by atoms with Crippen molar-refractivity contribution in [1.29, 1.82) is 0 Å². The van der Waals surface area contributed by atoms with Crippen molar-refractivity contribution in [2.24, 2.45) is 0 Å². The fourth-order valence-corrected chi connectivity index (χ4v) is 1.60. The monoisotopic (exact) mass is 247 g/mol. The third kappa shape index (κ3) is 2.42. The van der Waals surface area contributed by atoms with Gasteiger partial charge >= 0.3 is 0 Å². The Labute approximate surface area is 103 Å². The molecule has 0 radical (unpaired) electrons. The number of hydrogen-bond acceptors (Lipinski definition) is 4. The summed E-state index contributed by atoms with van der Waals surface area (Å²) < 4.78 is 0. The number of nitrogens with zero attached hydrogens (tertiary/aromatic N) is 1. The van der Waals surface area contributed by atoms with Gasteiger partial charge in [-0.3, -0.25) is 9.89 Å². The summed E-state index contributed by atoms with van der Waals surface area (Å²) in [7, 11) is 0. The van der Waals surface area contributed by atoms with E-state index in [0.29, 0.717) is 5.82 Å². The van der Waals surface area contributed by atoms with Gasteiger partial charge in [0, 0.05) is 17.2 Å². The van der Waals surface area contributed by atoms with Crippen LogP contribution in [-0.4, -0.2) is 26.3 Å². The van der Waals surface area contributed by atoms with Gasteiger partial charge < -0.3 is 15.5 Å². The van der Waals surface area contributed by atoms with E-state index >= 15 is 0 Å².